The molecular weight excluding hydrogens is 368 g/mol. The molecule has 1 amide bonds. The van der Waals surface area contributed by atoms with Crippen LogP contribution in [-0.2, 0) is 9.59 Å². The summed E-state index contributed by atoms with van der Waals surface area (Å²) in [6.45, 7) is 8.10. The summed E-state index contributed by atoms with van der Waals surface area (Å²) in [5.74, 6) is -0.784. The molecule has 2 heterocycles. The van der Waals surface area contributed by atoms with Gasteiger partial charge in [0.1, 0.15) is 17.6 Å². The molecular formula is C23H26N2O4. The Balaban J connectivity index is 2.12. The lowest BCUT2D eigenvalue weighted by molar-refractivity contribution is -0.139. The van der Waals surface area contributed by atoms with Gasteiger partial charge in [-0.3, -0.25) is 14.6 Å². The summed E-state index contributed by atoms with van der Waals surface area (Å²) in [5, 5.41) is 11.0. The number of benzene rings is 1. The highest BCUT2D eigenvalue weighted by atomic mass is 16.5. The number of aliphatic hydroxyl groups is 1. The number of aryl methyl sites for hydroxylation is 1. The van der Waals surface area contributed by atoms with E-state index in [0.29, 0.717) is 30.0 Å². The van der Waals surface area contributed by atoms with Crippen LogP contribution in [0.4, 0.5) is 0 Å². The Morgan fingerprint density at radius 3 is 2.59 bits per heavy atom. The van der Waals surface area contributed by atoms with Crippen LogP contribution in [0.2, 0.25) is 0 Å². The van der Waals surface area contributed by atoms with Crippen molar-refractivity contribution in [2.75, 3.05) is 6.54 Å². The second-order valence-corrected chi connectivity index (χ2v) is 7.39. The quantitative estimate of drug-likeness (QED) is 0.455. The van der Waals surface area contributed by atoms with E-state index in [0.717, 1.165) is 5.56 Å². The zero-order valence-electron chi connectivity index (χ0n) is 17.2. The highest BCUT2D eigenvalue weighted by Gasteiger charge is 2.46. The fraction of sp³-hybridized carbons (Fsp3) is 0.348. The Morgan fingerprint density at radius 1 is 1.24 bits per heavy atom. The first-order valence-corrected chi connectivity index (χ1v) is 9.82. The molecule has 152 valence electrons. The zero-order valence-corrected chi connectivity index (χ0v) is 17.2. The first-order chi connectivity index (χ1) is 13.8. The van der Waals surface area contributed by atoms with Gasteiger partial charge >= 0.3 is 0 Å². The number of likely N-dealkylation sites (tertiary alicyclic amines) is 1. The number of ether oxygens (including phenoxy) is 1. The van der Waals surface area contributed by atoms with Gasteiger partial charge in [-0.15, -0.1) is 0 Å². The number of carbonyl (C=O) groups is 2. The Kier molecular flexibility index (Phi) is 6.01. The molecule has 1 aliphatic heterocycles. The molecule has 0 aliphatic carbocycles. The van der Waals surface area contributed by atoms with Crippen LogP contribution >= 0.6 is 0 Å². The monoisotopic (exact) mass is 394 g/mol. The molecule has 0 saturated carbocycles. The van der Waals surface area contributed by atoms with E-state index in [-0.39, 0.29) is 17.4 Å². The van der Waals surface area contributed by atoms with Gasteiger partial charge in [-0.25, -0.2) is 0 Å². The molecule has 3 rings (SSSR count). The zero-order chi connectivity index (χ0) is 21.1. The van der Waals surface area contributed by atoms with Crippen LogP contribution < -0.4 is 4.74 Å². The summed E-state index contributed by atoms with van der Waals surface area (Å²) >= 11 is 0. The third-order valence-electron chi connectivity index (χ3n) is 4.78. The molecule has 0 bridgehead atoms. The molecule has 29 heavy (non-hydrogen) atoms. The molecule has 1 fully saturated rings. The maximum absolute atomic E-state index is 12.8. The Labute approximate surface area is 170 Å². The molecule has 0 spiro atoms. The summed E-state index contributed by atoms with van der Waals surface area (Å²) in [6.07, 6.45) is 2.33. The number of hydrogen-bond donors (Lipinski definition) is 1. The molecule has 0 radical (unpaired) electrons. The number of pyridine rings is 1. The van der Waals surface area contributed by atoms with Gasteiger partial charge in [-0.2, -0.15) is 0 Å². The van der Waals surface area contributed by atoms with E-state index in [4.69, 9.17) is 4.74 Å². The number of hydrogen-bond acceptors (Lipinski definition) is 5. The van der Waals surface area contributed by atoms with E-state index in [1.165, 1.54) is 4.90 Å². The van der Waals surface area contributed by atoms with Crippen LogP contribution in [0.15, 0.2) is 48.2 Å². The van der Waals surface area contributed by atoms with E-state index >= 15 is 0 Å². The summed E-state index contributed by atoms with van der Waals surface area (Å²) in [6, 6.07) is 9.85. The van der Waals surface area contributed by atoms with Gasteiger partial charge in [0, 0.05) is 18.3 Å². The minimum absolute atomic E-state index is 0.0247. The summed E-state index contributed by atoms with van der Waals surface area (Å²) in [4.78, 5) is 31.3. The summed E-state index contributed by atoms with van der Waals surface area (Å²) in [5.41, 5.74) is 1.92. The van der Waals surface area contributed by atoms with Crippen LogP contribution in [0.1, 0.15) is 50.1 Å². The molecule has 1 aliphatic rings. The first kappa shape index (κ1) is 20.6. The number of carbonyl (C=O) groups excluding carboxylic acids is 2. The lowest BCUT2D eigenvalue weighted by Gasteiger charge is -2.24. The maximum atomic E-state index is 12.8. The van der Waals surface area contributed by atoms with Gasteiger partial charge in [0.25, 0.3) is 11.7 Å². The molecule has 1 aromatic heterocycles. The lowest BCUT2D eigenvalue weighted by atomic mass is 9.97. The number of ketones is 1. The molecule has 1 atom stereocenters. The van der Waals surface area contributed by atoms with Crippen molar-refractivity contribution in [2.24, 2.45) is 0 Å². The molecule has 6 heteroatoms. The number of aromatic nitrogens is 1. The predicted octanol–water partition coefficient (Wildman–Crippen LogP) is 4.01. The number of amides is 1. The normalized spacial score (nSPS) is 18.5. The SMILES string of the molecule is CCCN1C(=O)C(=O)/C(=C(\O)c2ccc(OC(C)C)c(C)c2)C1c1ccccn1. The van der Waals surface area contributed by atoms with Crippen molar-refractivity contribution in [1.29, 1.82) is 0 Å². The van der Waals surface area contributed by atoms with Gasteiger partial charge in [-0.1, -0.05) is 13.0 Å². The topological polar surface area (TPSA) is 79.7 Å². The number of aliphatic hydroxyl groups excluding tert-OH is 1. The van der Waals surface area contributed by atoms with Crippen molar-refractivity contribution in [3.05, 3.63) is 65.0 Å². The van der Waals surface area contributed by atoms with Crippen LogP contribution in [0, 0.1) is 6.92 Å². The molecule has 1 N–H and O–H groups in total. The molecule has 1 unspecified atom stereocenters. The largest absolute Gasteiger partial charge is 0.507 e. The van der Waals surface area contributed by atoms with Crippen LogP contribution in [-0.4, -0.2) is 39.3 Å². The van der Waals surface area contributed by atoms with E-state index in [1.807, 2.05) is 27.7 Å². The first-order valence-electron chi connectivity index (χ1n) is 9.82. The second-order valence-electron chi connectivity index (χ2n) is 7.39. The smallest absolute Gasteiger partial charge is 0.295 e. The minimum atomic E-state index is -0.706. The van der Waals surface area contributed by atoms with Crippen molar-refractivity contribution < 1.29 is 19.4 Å². The minimum Gasteiger partial charge on any atom is -0.507 e. The van der Waals surface area contributed by atoms with E-state index < -0.39 is 17.7 Å². The van der Waals surface area contributed by atoms with Gasteiger partial charge in [-0.05, 0) is 63.1 Å². The maximum Gasteiger partial charge on any atom is 0.295 e. The van der Waals surface area contributed by atoms with Crippen LogP contribution in [0.5, 0.6) is 5.75 Å². The van der Waals surface area contributed by atoms with E-state index in [1.54, 1.807) is 42.6 Å². The average molecular weight is 394 g/mol. The Morgan fingerprint density at radius 2 is 2.00 bits per heavy atom. The molecule has 1 aromatic carbocycles. The van der Waals surface area contributed by atoms with Crippen molar-refractivity contribution in [3.63, 3.8) is 0 Å². The third kappa shape index (κ3) is 4.01. The Hall–Kier alpha value is -3.15. The third-order valence-corrected chi connectivity index (χ3v) is 4.78. The summed E-state index contributed by atoms with van der Waals surface area (Å²) in [7, 11) is 0. The number of Topliss-reactive ketones (excluding diaryl/α,β-unsaturated/α-hetero) is 1. The second kappa shape index (κ2) is 8.47. The average Bonchev–Trinajstić information content (AvgIpc) is 2.94. The van der Waals surface area contributed by atoms with Crippen LogP contribution in [0.25, 0.3) is 5.76 Å². The predicted molar refractivity (Wildman–Crippen MR) is 110 cm³/mol. The highest BCUT2D eigenvalue weighted by Crippen LogP contribution is 2.39. The van der Waals surface area contributed by atoms with Gasteiger partial charge < -0.3 is 14.7 Å². The lowest BCUT2D eigenvalue weighted by Crippen LogP contribution is -2.30. The fourth-order valence-corrected chi connectivity index (χ4v) is 3.54. The number of nitrogens with zero attached hydrogens (tertiary/aromatic N) is 2. The standard InChI is InChI=1S/C23H26N2O4/c1-5-12-25-20(17-8-6-7-11-24-17)19(22(27)23(25)28)21(26)16-9-10-18(15(4)13-16)29-14(2)3/h6-11,13-14,20,26H,5,12H2,1-4H3/b21-19-. The van der Waals surface area contributed by atoms with Crippen molar-refractivity contribution >= 4 is 17.4 Å². The molecule has 1 saturated heterocycles. The van der Waals surface area contributed by atoms with Crippen LogP contribution in [0.3, 0.4) is 0 Å². The number of rotatable bonds is 6. The van der Waals surface area contributed by atoms with Gasteiger partial charge in [0.2, 0.25) is 0 Å². The summed E-state index contributed by atoms with van der Waals surface area (Å²) < 4.78 is 5.75. The van der Waals surface area contributed by atoms with Crippen molar-refractivity contribution in [3.8, 4) is 5.75 Å². The van der Waals surface area contributed by atoms with Gasteiger partial charge in [0.15, 0.2) is 0 Å². The highest BCUT2D eigenvalue weighted by molar-refractivity contribution is 6.46. The van der Waals surface area contributed by atoms with Gasteiger partial charge in [0.05, 0.1) is 17.4 Å². The van der Waals surface area contributed by atoms with Crippen molar-refractivity contribution in [2.45, 2.75) is 46.3 Å². The van der Waals surface area contributed by atoms with E-state index in [9.17, 15) is 14.7 Å². The van der Waals surface area contributed by atoms with Crippen molar-refractivity contribution in [1.82, 2.24) is 9.88 Å². The van der Waals surface area contributed by atoms with E-state index in [2.05, 4.69) is 4.98 Å². The molecule has 2 aromatic rings. The Bertz CT molecular complexity index is 951. The molecule has 6 nitrogen and oxygen atoms in total. The fourth-order valence-electron chi connectivity index (χ4n) is 3.54.